The van der Waals surface area contributed by atoms with E-state index in [1.807, 2.05) is 7.05 Å². The Kier molecular flexibility index (Phi) is 5.48. The molecule has 1 amide bonds. The van der Waals surface area contributed by atoms with Crippen LogP contribution in [0.3, 0.4) is 0 Å². The third kappa shape index (κ3) is 3.55. The average Bonchev–Trinajstić information content (AvgIpc) is 2.48. The molecule has 0 aliphatic heterocycles. The third-order valence-corrected chi connectivity index (χ3v) is 5.87. The number of carbonyl (C=O) groups excluding carboxylic acids is 1. The standard InChI is InChI=1S/C17H32N2O/c1-4-13-5-8-15(9-6-13)19(3)17(20)14-7-10-16(18)12(2)11-14/h12-16H,4-11,18H2,1-3H3. The van der Waals surface area contributed by atoms with Crippen molar-refractivity contribution in [2.45, 2.75) is 77.3 Å². The van der Waals surface area contributed by atoms with Crippen molar-refractivity contribution in [2.24, 2.45) is 23.5 Å². The van der Waals surface area contributed by atoms with E-state index in [0.717, 1.165) is 25.2 Å². The van der Waals surface area contributed by atoms with Crippen LogP contribution in [0.1, 0.15) is 65.2 Å². The SMILES string of the molecule is CCC1CCC(N(C)C(=O)C2CCC(N)C(C)C2)CC1. The topological polar surface area (TPSA) is 46.3 Å². The normalized spacial score (nSPS) is 38.5. The third-order valence-electron chi connectivity index (χ3n) is 5.87. The van der Waals surface area contributed by atoms with Gasteiger partial charge in [0.1, 0.15) is 0 Å². The molecule has 20 heavy (non-hydrogen) atoms. The lowest BCUT2D eigenvalue weighted by Gasteiger charge is -2.38. The minimum Gasteiger partial charge on any atom is -0.343 e. The van der Waals surface area contributed by atoms with E-state index in [0.29, 0.717) is 23.9 Å². The number of hydrogen-bond acceptors (Lipinski definition) is 2. The van der Waals surface area contributed by atoms with Crippen LogP contribution >= 0.6 is 0 Å². The maximum absolute atomic E-state index is 12.7. The molecule has 3 heteroatoms. The van der Waals surface area contributed by atoms with Crippen LogP contribution in [0, 0.1) is 17.8 Å². The molecular weight excluding hydrogens is 248 g/mol. The largest absolute Gasteiger partial charge is 0.343 e. The van der Waals surface area contributed by atoms with Gasteiger partial charge < -0.3 is 10.6 Å². The lowest BCUT2D eigenvalue weighted by atomic mass is 9.78. The molecule has 2 aliphatic carbocycles. The zero-order valence-electron chi connectivity index (χ0n) is 13.5. The summed E-state index contributed by atoms with van der Waals surface area (Å²) in [5, 5.41) is 0. The second kappa shape index (κ2) is 6.93. The maximum atomic E-state index is 12.7. The Morgan fingerprint density at radius 3 is 2.35 bits per heavy atom. The molecular formula is C17H32N2O. The van der Waals surface area contributed by atoms with E-state index in [2.05, 4.69) is 18.7 Å². The van der Waals surface area contributed by atoms with Crippen molar-refractivity contribution in [3.05, 3.63) is 0 Å². The van der Waals surface area contributed by atoms with E-state index < -0.39 is 0 Å². The maximum Gasteiger partial charge on any atom is 0.225 e. The Morgan fingerprint density at radius 1 is 1.15 bits per heavy atom. The predicted molar refractivity (Wildman–Crippen MR) is 83.3 cm³/mol. The molecule has 0 bridgehead atoms. The van der Waals surface area contributed by atoms with Gasteiger partial charge in [0, 0.05) is 25.0 Å². The van der Waals surface area contributed by atoms with Crippen LogP contribution in [0.15, 0.2) is 0 Å². The lowest BCUT2D eigenvalue weighted by molar-refractivity contribution is -0.138. The summed E-state index contributed by atoms with van der Waals surface area (Å²) in [5.74, 6) is 1.98. The second-order valence-electron chi connectivity index (χ2n) is 7.18. The summed E-state index contributed by atoms with van der Waals surface area (Å²) in [6.45, 7) is 4.48. The van der Waals surface area contributed by atoms with Gasteiger partial charge >= 0.3 is 0 Å². The van der Waals surface area contributed by atoms with E-state index >= 15 is 0 Å². The van der Waals surface area contributed by atoms with Crippen LogP contribution in [0.25, 0.3) is 0 Å². The summed E-state index contributed by atoms with van der Waals surface area (Å²) in [4.78, 5) is 14.8. The Balaban J connectivity index is 1.86. The smallest absolute Gasteiger partial charge is 0.225 e. The monoisotopic (exact) mass is 280 g/mol. The summed E-state index contributed by atoms with van der Waals surface area (Å²) in [6, 6.07) is 0.778. The fourth-order valence-electron chi connectivity index (χ4n) is 4.05. The second-order valence-corrected chi connectivity index (χ2v) is 7.18. The number of carbonyl (C=O) groups is 1. The molecule has 0 aromatic rings. The van der Waals surface area contributed by atoms with Crippen molar-refractivity contribution in [1.82, 2.24) is 4.90 Å². The van der Waals surface area contributed by atoms with Crippen molar-refractivity contribution in [3.63, 3.8) is 0 Å². The van der Waals surface area contributed by atoms with Gasteiger partial charge in [-0.2, -0.15) is 0 Å². The highest BCUT2D eigenvalue weighted by molar-refractivity contribution is 5.79. The molecule has 3 nitrogen and oxygen atoms in total. The predicted octanol–water partition coefficient (Wildman–Crippen LogP) is 3.18. The Labute approximate surface area is 124 Å². The Morgan fingerprint density at radius 2 is 1.80 bits per heavy atom. The number of hydrogen-bond donors (Lipinski definition) is 1. The highest BCUT2D eigenvalue weighted by Crippen LogP contribution is 2.33. The fourth-order valence-corrected chi connectivity index (χ4v) is 4.05. The minimum atomic E-state index is 0.221. The first-order valence-corrected chi connectivity index (χ1v) is 8.55. The van der Waals surface area contributed by atoms with Gasteiger partial charge in [0.15, 0.2) is 0 Å². The van der Waals surface area contributed by atoms with Crippen LogP contribution in [-0.2, 0) is 4.79 Å². The summed E-state index contributed by atoms with van der Waals surface area (Å²) < 4.78 is 0. The molecule has 0 radical (unpaired) electrons. The minimum absolute atomic E-state index is 0.221. The van der Waals surface area contributed by atoms with Crippen molar-refractivity contribution < 1.29 is 4.79 Å². The zero-order chi connectivity index (χ0) is 14.7. The first-order chi connectivity index (χ1) is 9.52. The number of rotatable bonds is 3. The van der Waals surface area contributed by atoms with E-state index in [1.54, 1.807) is 0 Å². The fraction of sp³-hybridized carbons (Fsp3) is 0.941. The van der Waals surface area contributed by atoms with Crippen LogP contribution < -0.4 is 5.73 Å². The first kappa shape index (κ1) is 15.8. The van der Waals surface area contributed by atoms with Crippen molar-refractivity contribution in [1.29, 1.82) is 0 Å². The highest BCUT2D eigenvalue weighted by Gasteiger charge is 2.34. The van der Waals surface area contributed by atoms with E-state index in [4.69, 9.17) is 5.73 Å². The van der Waals surface area contributed by atoms with E-state index in [-0.39, 0.29) is 5.92 Å². The van der Waals surface area contributed by atoms with Crippen LogP contribution in [0.4, 0.5) is 0 Å². The number of amides is 1. The molecule has 2 N–H and O–H groups in total. The molecule has 2 fully saturated rings. The summed E-state index contributed by atoms with van der Waals surface area (Å²) in [7, 11) is 2.03. The Hall–Kier alpha value is -0.570. The summed E-state index contributed by atoms with van der Waals surface area (Å²) in [6.07, 6.45) is 9.25. The molecule has 0 spiro atoms. The number of nitrogens with two attached hydrogens (primary N) is 1. The van der Waals surface area contributed by atoms with Gasteiger partial charge in [-0.25, -0.2) is 0 Å². The summed E-state index contributed by atoms with van der Waals surface area (Å²) >= 11 is 0. The molecule has 2 rings (SSSR count). The van der Waals surface area contributed by atoms with Crippen LogP contribution in [0.5, 0.6) is 0 Å². The van der Waals surface area contributed by atoms with Gasteiger partial charge in [-0.1, -0.05) is 20.3 Å². The first-order valence-electron chi connectivity index (χ1n) is 8.55. The van der Waals surface area contributed by atoms with Crippen molar-refractivity contribution in [2.75, 3.05) is 7.05 Å². The van der Waals surface area contributed by atoms with Crippen LogP contribution in [-0.4, -0.2) is 29.9 Å². The van der Waals surface area contributed by atoms with Crippen LogP contribution in [0.2, 0.25) is 0 Å². The van der Waals surface area contributed by atoms with Gasteiger partial charge in [-0.3, -0.25) is 4.79 Å². The molecule has 2 saturated carbocycles. The highest BCUT2D eigenvalue weighted by atomic mass is 16.2. The van der Waals surface area contributed by atoms with Gasteiger partial charge in [0.2, 0.25) is 5.91 Å². The molecule has 0 aromatic carbocycles. The molecule has 2 aliphatic rings. The van der Waals surface area contributed by atoms with Gasteiger partial charge in [-0.05, 0) is 56.8 Å². The number of nitrogens with zero attached hydrogens (tertiary/aromatic N) is 1. The quantitative estimate of drug-likeness (QED) is 0.863. The van der Waals surface area contributed by atoms with Gasteiger partial charge in [0.25, 0.3) is 0 Å². The molecule has 116 valence electrons. The summed E-state index contributed by atoms with van der Waals surface area (Å²) in [5.41, 5.74) is 6.07. The Bertz CT molecular complexity index is 323. The molecule has 3 atom stereocenters. The lowest BCUT2D eigenvalue weighted by Crippen LogP contribution is -2.45. The molecule has 0 aromatic heterocycles. The van der Waals surface area contributed by atoms with Gasteiger partial charge in [0.05, 0.1) is 0 Å². The van der Waals surface area contributed by atoms with E-state index in [1.165, 1.54) is 32.1 Å². The zero-order valence-corrected chi connectivity index (χ0v) is 13.5. The average molecular weight is 280 g/mol. The molecule has 0 heterocycles. The molecule has 0 saturated heterocycles. The van der Waals surface area contributed by atoms with E-state index in [9.17, 15) is 4.79 Å². The van der Waals surface area contributed by atoms with Gasteiger partial charge in [-0.15, -0.1) is 0 Å². The van der Waals surface area contributed by atoms with Crippen molar-refractivity contribution >= 4 is 5.91 Å². The van der Waals surface area contributed by atoms with Crippen molar-refractivity contribution in [3.8, 4) is 0 Å². The molecule has 3 unspecified atom stereocenters.